The van der Waals surface area contributed by atoms with E-state index in [0.717, 1.165) is 31.1 Å². The number of piperidine rings is 1. The van der Waals surface area contributed by atoms with Gasteiger partial charge in [0.05, 0.1) is 25.3 Å². The Morgan fingerprint density at radius 2 is 1.91 bits per heavy atom. The van der Waals surface area contributed by atoms with Gasteiger partial charge >= 0.3 is 12.1 Å². The Bertz CT molecular complexity index is 974. The van der Waals surface area contributed by atoms with E-state index in [1.807, 2.05) is 5.38 Å². The van der Waals surface area contributed by atoms with Crippen LogP contribution in [0.3, 0.4) is 0 Å². The van der Waals surface area contributed by atoms with Crippen LogP contribution in [0.2, 0.25) is 0 Å². The normalized spacial score (nSPS) is 21.8. The maximum absolute atomic E-state index is 13.4. The van der Waals surface area contributed by atoms with Gasteiger partial charge in [-0.1, -0.05) is 6.92 Å². The maximum atomic E-state index is 13.4. The summed E-state index contributed by atoms with van der Waals surface area (Å²) in [4.78, 5) is 18.4. The SMILES string of the molecule is COC(=O)C[C@H]1[C@H](C)C(C(F)(F)F)=NN1c1ccc(OC2CCN(c3nccs3)CC2)cc1. The Hall–Kier alpha value is -2.82. The van der Waals surface area contributed by atoms with E-state index >= 15 is 0 Å². The molecule has 7 nitrogen and oxygen atoms in total. The molecule has 3 heterocycles. The van der Waals surface area contributed by atoms with Crippen molar-refractivity contribution < 1.29 is 27.4 Å². The van der Waals surface area contributed by atoms with Crippen LogP contribution in [0.4, 0.5) is 24.0 Å². The van der Waals surface area contributed by atoms with Crippen LogP contribution in [0, 0.1) is 5.92 Å². The number of carbonyl (C=O) groups is 1. The van der Waals surface area contributed by atoms with Crippen LogP contribution in [0.15, 0.2) is 40.9 Å². The van der Waals surface area contributed by atoms with Gasteiger partial charge in [-0.3, -0.25) is 9.80 Å². The van der Waals surface area contributed by atoms with Gasteiger partial charge in [-0.15, -0.1) is 11.3 Å². The average Bonchev–Trinajstić information content (AvgIpc) is 3.44. The van der Waals surface area contributed by atoms with E-state index in [1.165, 1.54) is 19.0 Å². The van der Waals surface area contributed by atoms with Crippen molar-refractivity contribution in [1.29, 1.82) is 0 Å². The van der Waals surface area contributed by atoms with Gasteiger partial charge in [0, 0.05) is 43.4 Å². The predicted molar refractivity (Wildman–Crippen MR) is 120 cm³/mol. The van der Waals surface area contributed by atoms with E-state index in [9.17, 15) is 18.0 Å². The van der Waals surface area contributed by atoms with E-state index in [2.05, 4.69) is 19.7 Å². The molecular formula is C22H25F3N4O3S. The highest BCUT2D eigenvalue weighted by atomic mass is 32.1. The second-order valence-corrected chi connectivity index (χ2v) is 8.95. The molecule has 0 saturated carbocycles. The average molecular weight is 483 g/mol. The van der Waals surface area contributed by atoms with Gasteiger partial charge in [-0.05, 0) is 24.3 Å². The van der Waals surface area contributed by atoms with Gasteiger partial charge in [0.25, 0.3) is 0 Å². The van der Waals surface area contributed by atoms with Gasteiger partial charge < -0.3 is 14.4 Å². The van der Waals surface area contributed by atoms with Crippen LogP contribution in [0.1, 0.15) is 26.2 Å². The Kier molecular flexibility index (Phi) is 6.78. The minimum absolute atomic E-state index is 0.0563. The summed E-state index contributed by atoms with van der Waals surface area (Å²) in [7, 11) is 1.21. The highest BCUT2D eigenvalue weighted by Crippen LogP contribution is 2.37. The molecule has 0 bridgehead atoms. The van der Waals surface area contributed by atoms with Crippen LogP contribution < -0.4 is 14.6 Å². The minimum atomic E-state index is -4.57. The number of thiazole rings is 1. The van der Waals surface area contributed by atoms with E-state index in [-0.39, 0.29) is 12.5 Å². The van der Waals surface area contributed by atoms with Crippen molar-refractivity contribution in [3.05, 3.63) is 35.8 Å². The molecule has 2 aliphatic rings. The Morgan fingerprint density at radius 1 is 1.21 bits per heavy atom. The molecule has 11 heteroatoms. The first kappa shape index (κ1) is 23.3. The third-order valence-corrected chi connectivity index (χ3v) is 6.80. The minimum Gasteiger partial charge on any atom is -0.490 e. The molecule has 0 unspecified atom stereocenters. The zero-order valence-corrected chi connectivity index (χ0v) is 19.1. The molecule has 2 atom stereocenters. The van der Waals surface area contributed by atoms with Crippen molar-refractivity contribution in [3.8, 4) is 5.75 Å². The Labute approximate surface area is 193 Å². The topological polar surface area (TPSA) is 67.3 Å². The molecule has 1 aromatic heterocycles. The number of hydrogen-bond acceptors (Lipinski definition) is 8. The number of rotatable bonds is 6. The summed E-state index contributed by atoms with van der Waals surface area (Å²) in [5, 5.41) is 8.06. The fourth-order valence-electron chi connectivity index (χ4n) is 4.16. The van der Waals surface area contributed by atoms with Crippen molar-refractivity contribution in [1.82, 2.24) is 4.98 Å². The van der Waals surface area contributed by atoms with Gasteiger partial charge in [0.1, 0.15) is 17.6 Å². The lowest BCUT2D eigenvalue weighted by Gasteiger charge is -2.32. The summed E-state index contributed by atoms with van der Waals surface area (Å²) in [5.74, 6) is -0.911. The fourth-order valence-corrected chi connectivity index (χ4v) is 4.86. The Morgan fingerprint density at radius 3 is 2.48 bits per heavy atom. The summed E-state index contributed by atoms with van der Waals surface area (Å²) < 4.78 is 51.1. The summed E-state index contributed by atoms with van der Waals surface area (Å²) in [5.41, 5.74) is -0.440. The molecule has 0 aliphatic carbocycles. The van der Waals surface area contributed by atoms with E-state index < -0.39 is 29.8 Å². The number of alkyl halides is 3. The van der Waals surface area contributed by atoms with Gasteiger partial charge in [-0.2, -0.15) is 18.3 Å². The highest BCUT2D eigenvalue weighted by Gasteiger charge is 2.48. The quantitative estimate of drug-likeness (QED) is 0.565. The zero-order valence-electron chi connectivity index (χ0n) is 18.3. The summed E-state index contributed by atoms with van der Waals surface area (Å²) in [6.45, 7) is 3.13. The number of halogens is 3. The van der Waals surface area contributed by atoms with Crippen LogP contribution >= 0.6 is 11.3 Å². The molecular weight excluding hydrogens is 457 g/mol. The maximum Gasteiger partial charge on any atom is 0.431 e. The number of hydrazone groups is 1. The van der Waals surface area contributed by atoms with E-state index in [4.69, 9.17) is 4.74 Å². The molecule has 0 radical (unpaired) electrons. The Balaban J connectivity index is 1.42. The lowest BCUT2D eigenvalue weighted by Crippen LogP contribution is -2.38. The van der Waals surface area contributed by atoms with Crippen molar-refractivity contribution in [2.45, 2.75) is 44.5 Å². The first-order chi connectivity index (χ1) is 15.8. The number of hydrogen-bond donors (Lipinski definition) is 0. The fraction of sp³-hybridized carbons (Fsp3) is 0.500. The number of aromatic nitrogens is 1. The van der Waals surface area contributed by atoms with Crippen LogP contribution in [-0.4, -0.2) is 55.2 Å². The number of benzene rings is 1. The standard InChI is InChI=1S/C22H25F3N4O3S/c1-14-18(13-19(30)31-2)29(27-20(14)22(23,24)25)15-3-5-16(6-4-15)32-17-7-10-28(11-8-17)21-26-9-12-33-21/h3-6,9,12,14,17-18H,7-8,10-11,13H2,1-2H3/t14-,18-/m0/s1. The lowest BCUT2D eigenvalue weighted by atomic mass is 9.94. The molecule has 33 heavy (non-hydrogen) atoms. The monoisotopic (exact) mass is 482 g/mol. The van der Waals surface area contributed by atoms with Crippen molar-refractivity contribution in [3.63, 3.8) is 0 Å². The predicted octanol–water partition coefficient (Wildman–Crippen LogP) is 4.50. The second kappa shape index (κ2) is 9.58. The molecule has 4 rings (SSSR count). The first-order valence-electron chi connectivity index (χ1n) is 10.7. The van der Waals surface area contributed by atoms with Gasteiger partial charge in [0.2, 0.25) is 0 Å². The second-order valence-electron chi connectivity index (χ2n) is 8.08. The molecule has 1 saturated heterocycles. The van der Waals surface area contributed by atoms with Crippen molar-refractivity contribution in [2.24, 2.45) is 11.0 Å². The first-order valence-corrected chi connectivity index (χ1v) is 11.6. The summed E-state index contributed by atoms with van der Waals surface area (Å²) >= 11 is 1.61. The van der Waals surface area contributed by atoms with Crippen LogP contribution in [-0.2, 0) is 9.53 Å². The van der Waals surface area contributed by atoms with Gasteiger partial charge in [-0.25, -0.2) is 4.98 Å². The van der Waals surface area contributed by atoms with Crippen molar-refractivity contribution >= 4 is 33.8 Å². The van der Waals surface area contributed by atoms with Crippen LogP contribution in [0.25, 0.3) is 0 Å². The van der Waals surface area contributed by atoms with Crippen molar-refractivity contribution in [2.75, 3.05) is 30.1 Å². The lowest BCUT2D eigenvalue weighted by molar-refractivity contribution is -0.141. The smallest absolute Gasteiger partial charge is 0.431 e. The summed E-state index contributed by atoms with van der Waals surface area (Å²) in [6.07, 6.45) is -1.21. The molecule has 178 valence electrons. The third kappa shape index (κ3) is 5.23. The zero-order chi connectivity index (χ0) is 23.6. The third-order valence-electron chi connectivity index (χ3n) is 5.97. The molecule has 1 fully saturated rings. The highest BCUT2D eigenvalue weighted by molar-refractivity contribution is 7.13. The number of carbonyl (C=O) groups excluding carboxylic acids is 1. The molecule has 2 aliphatic heterocycles. The van der Waals surface area contributed by atoms with Crippen LogP contribution in [0.5, 0.6) is 5.75 Å². The number of methoxy groups -OCH3 is 1. The molecule has 0 N–H and O–H groups in total. The summed E-state index contributed by atoms with van der Waals surface area (Å²) in [6, 6.07) is 6.00. The number of nitrogens with zero attached hydrogens (tertiary/aromatic N) is 4. The number of ether oxygens (including phenoxy) is 2. The molecule has 2 aromatic rings. The number of anilines is 2. The van der Waals surface area contributed by atoms with E-state index in [1.54, 1.807) is 41.8 Å². The number of esters is 1. The molecule has 0 amide bonds. The largest absolute Gasteiger partial charge is 0.490 e. The van der Waals surface area contributed by atoms with E-state index in [0.29, 0.717) is 11.4 Å². The molecule has 0 spiro atoms. The molecule has 1 aromatic carbocycles. The van der Waals surface area contributed by atoms with Gasteiger partial charge in [0.15, 0.2) is 5.13 Å².